The van der Waals surface area contributed by atoms with Gasteiger partial charge in [0.1, 0.15) is 13.2 Å². The number of carbonyl (C=O) groups excluding carboxylic acids is 3. The van der Waals surface area contributed by atoms with Gasteiger partial charge in [-0.05, 0) is 122 Å². The first kappa shape index (κ1) is 68.6. The Morgan fingerprint density at radius 3 is 0.890 bits per heavy atom. The zero-order valence-corrected chi connectivity index (χ0v) is 47.1. The fourth-order valence-corrected chi connectivity index (χ4v) is 7.70. The summed E-state index contributed by atoms with van der Waals surface area (Å²) in [5.74, 6) is -0.959. The predicted molar refractivity (Wildman–Crippen MR) is 316 cm³/mol. The molecule has 6 nitrogen and oxygen atoms in total. The van der Waals surface area contributed by atoms with E-state index < -0.39 is 6.10 Å². The fourth-order valence-electron chi connectivity index (χ4n) is 7.70. The van der Waals surface area contributed by atoms with Crippen LogP contribution in [0.5, 0.6) is 0 Å². The lowest BCUT2D eigenvalue weighted by Gasteiger charge is -2.18. The van der Waals surface area contributed by atoms with Crippen molar-refractivity contribution in [2.45, 2.75) is 258 Å². The molecule has 1 unspecified atom stereocenters. The van der Waals surface area contributed by atoms with E-state index in [0.717, 1.165) is 128 Å². The van der Waals surface area contributed by atoms with Crippen LogP contribution in [-0.2, 0) is 28.6 Å². The Morgan fingerprint density at radius 2 is 0.534 bits per heavy atom. The van der Waals surface area contributed by atoms with Crippen LogP contribution in [0, 0.1) is 0 Å². The Hall–Kier alpha value is -4.45. The number of esters is 3. The Morgan fingerprint density at radius 1 is 0.288 bits per heavy atom. The van der Waals surface area contributed by atoms with Crippen molar-refractivity contribution in [2.24, 2.45) is 0 Å². The van der Waals surface area contributed by atoms with E-state index in [4.69, 9.17) is 14.2 Å². The SMILES string of the molecule is CC/C=C\C/C=C\C/C=C\C/C=C\C/C=C\C/C=C\C/C=C\C/C=C\C/C=C\C/C=C\CCCCC(=O)OCC(COC(=O)CCCCCCCCCCC)OC(=O)CCCCCCC/C=C\CCCCCC. The molecule has 0 aromatic heterocycles. The largest absolute Gasteiger partial charge is 0.462 e. The number of allylic oxidation sites excluding steroid dienone is 22. The maximum atomic E-state index is 12.8. The number of hydrogen-bond acceptors (Lipinski definition) is 6. The van der Waals surface area contributed by atoms with Crippen LogP contribution < -0.4 is 0 Å². The molecule has 0 bridgehead atoms. The zero-order valence-electron chi connectivity index (χ0n) is 47.1. The average Bonchev–Trinajstić information content (AvgIpc) is 3.39. The third-order valence-corrected chi connectivity index (χ3v) is 12.1. The summed E-state index contributed by atoms with van der Waals surface area (Å²) in [5, 5.41) is 0. The van der Waals surface area contributed by atoms with Gasteiger partial charge in [-0.25, -0.2) is 0 Å². The molecule has 0 N–H and O–H groups in total. The molecule has 0 aliphatic heterocycles. The van der Waals surface area contributed by atoms with Gasteiger partial charge in [-0.1, -0.05) is 244 Å². The van der Waals surface area contributed by atoms with Gasteiger partial charge in [-0.15, -0.1) is 0 Å². The van der Waals surface area contributed by atoms with Crippen molar-refractivity contribution < 1.29 is 28.6 Å². The summed E-state index contributed by atoms with van der Waals surface area (Å²) in [6, 6.07) is 0. The van der Waals surface area contributed by atoms with E-state index in [0.29, 0.717) is 25.7 Å². The second-order valence-electron chi connectivity index (χ2n) is 19.2. The molecule has 0 heterocycles. The summed E-state index contributed by atoms with van der Waals surface area (Å²) in [5.41, 5.74) is 0. The van der Waals surface area contributed by atoms with E-state index in [1.165, 1.54) is 77.0 Å². The van der Waals surface area contributed by atoms with Crippen molar-refractivity contribution in [1.82, 2.24) is 0 Å². The first-order chi connectivity index (χ1) is 36.0. The van der Waals surface area contributed by atoms with E-state index in [-0.39, 0.29) is 31.1 Å². The molecule has 0 radical (unpaired) electrons. The van der Waals surface area contributed by atoms with Gasteiger partial charge in [0.15, 0.2) is 6.10 Å². The molecule has 1 atom stereocenters. The molecule has 73 heavy (non-hydrogen) atoms. The summed E-state index contributed by atoms with van der Waals surface area (Å²) in [7, 11) is 0. The summed E-state index contributed by atoms with van der Waals surface area (Å²) >= 11 is 0. The predicted octanol–water partition coefficient (Wildman–Crippen LogP) is 20.2. The highest BCUT2D eigenvalue weighted by molar-refractivity contribution is 5.71. The van der Waals surface area contributed by atoms with Crippen LogP contribution in [-0.4, -0.2) is 37.2 Å². The molecule has 6 heteroatoms. The van der Waals surface area contributed by atoms with Crippen molar-refractivity contribution >= 4 is 17.9 Å². The number of rotatable bonds is 52. The van der Waals surface area contributed by atoms with Gasteiger partial charge in [-0.2, -0.15) is 0 Å². The standard InChI is InChI=1S/C67H108O6/c1-4-7-10-13-16-19-21-23-24-25-26-27-28-29-30-31-32-33-34-35-36-37-38-39-40-41-42-44-45-48-51-54-57-60-66(69)72-63-64(62-71-65(68)59-56-53-50-47-18-15-12-9-6-3)73-67(70)61-58-55-52-49-46-43-22-20-17-14-11-8-5-2/h7,10,16,19-20,22-24,26-27,29-30,32-33,35-36,38-39,41-42,45,48,64H,4-6,8-9,11-15,17-18,21,25,28,31,34,37,40,43-44,46-47,49-63H2,1-3H3/b10-7-,19-16-,22-20-,24-23-,27-26-,30-29-,33-32-,36-35-,39-38-,42-41-,48-45-. The normalized spacial score (nSPS) is 13.1. The molecule has 0 saturated heterocycles. The minimum Gasteiger partial charge on any atom is -0.462 e. The van der Waals surface area contributed by atoms with Gasteiger partial charge < -0.3 is 14.2 Å². The van der Waals surface area contributed by atoms with Crippen LogP contribution in [0.25, 0.3) is 0 Å². The van der Waals surface area contributed by atoms with E-state index in [1.807, 2.05) is 0 Å². The Labute approximate surface area is 449 Å². The van der Waals surface area contributed by atoms with Crippen LogP contribution in [0.2, 0.25) is 0 Å². The highest BCUT2D eigenvalue weighted by Crippen LogP contribution is 2.14. The smallest absolute Gasteiger partial charge is 0.306 e. The topological polar surface area (TPSA) is 78.9 Å². The van der Waals surface area contributed by atoms with Crippen molar-refractivity contribution in [3.63, 3.8) is 0 Å². The van der Waals surface area contributed by atoms with Gasteiger partial charge in [-0.3, -0.25) is 14.4 Å². The molecule has 0 fully saturated rings. The highest BCUT2D eigenvalue weighted by atomic mass is 16.6. The third kappa shape index (κ3) is 58.3. The number of hydrogen-bond donors (Lipinski definition) is 0. The van der Waals surface area contributed by atoms with E-state index in [9.17, 15) is 14.4 Å². The van der Waals surface area contributed by atoms with Gasteiger partial charge in [0, 0.05) is 19.3 Å². The summed E-state index contributed by atoms with van der Waals surface area (Å²) in [4.78, 5) is 38.0. The van der Waals surface area contributed by atoms with E-state index >= 15 is 0 Å². The lowest BCUT2D eigenvalue weighted by atomic mass is 10.1. The number of carbonyl (C=O) groups is 3. The Bertz CT molecular complexity index is 1580. The lowest BCUT2D eigenvalue weighted by Crippen LogP contribution is -2.30. The molecule has 0 rings (SSSR count). The monoisotopic (exact) mass is 1010 g/mol. The quantitative estimate of drug-likeness (QED) is 0.0261. The molecule has 0 aromatic carbocycles. The Kier molecular flexibility index (Phi) is 56.4. The first-order valence-corrected chi connectivity index (χ1v) is 29.7. The van der Waals surface area contributed by atoms with Crippen LogP contribution in [0.3, 0.4) is 0 Å². The van der Waals surface area contributed by atoms with Crippen molar-refractivity contribution in [1.29, 1.82) is 0 Å². The second kappa shape index (κ2) is 60.1. The summed E-state index contributed by atoms with van der Waals surface area (Å²) < 4.78 is 16.7. The van der Waals surface area contributed by atoms with Crippen molar-refractivity contribution in [3.8, 4) is 0 Å². The van der Waals surface area contributed by atoms with Gasteiger partial charge >= 0.3 is 17.9 Å². The second-order valence-corrected chi connectivity index (χ2v) is 19.2. The Balaban J connectivity index is 4.29. The lowest BCUT2D eigenvalue weighted by molar-refractivity contribution is -0.167. The maximum absolute atomic E-state index is 12.8. The van der Waals surface area contributed by atoms with Gasteiger partial charge in [0.2, 0.25) is 0 Å². The fraction of sp³-hybridized carbons (Fsp3) is 0.627. The zero-order chi connectivity index (χ0) is 52.9. The molecular weight excluding hydrogens is 901 g/mol. The molecule has 0 saturated carbocycles. The van der Waals surface area contributed by atoms with Crippen molar-refractivity contribution in [2.75, 3.05) is 13.2 Å². The molecule has 0 amide bonds. The molecule has 0 spiro atoms. The van der Waals surface area contributed by atoms with Crippen LogP contribution >= 0.6 is 0 Å². The van der Waals surface area contributed by atoms with Crippen LogP contribution in [0.15, 0.2) is 134 Å². The van der Waals surface area contributed by atoms with Crippen molar-refractivity contribution in [3.05, 3.63) is 134 Å². The summed E-state index contributed by atoms with van der Waals surface area (Å²) in [6.07, 6.45) is 84.6. The van der Waals surface area contributed by atoms with Gasteiger partial charge in [0.05, 0.1) is 0 Å². The minimum absolute atomic E-state index is 0.0966. The van der Waals surface area contributed by atoms with Crippen LogP contribution in [0.1, 0.15) is 252 Å². The van der Waals surface area contributed by atoms with E-state index in [1.54, 1.807) is 0 Å². The number of ether oxygens (including phenoxy) is 3. The van der Waals surface area contributed by atoms with Gasteiger partial charge in [0.25, 0.3) is 0 Å². The van der Waals surface area contributed by atoms with E-state index in [2.05, 4.69) is 154 Å². The minimum atomic E-state index is -0.801. The molecule has 0 aliphatic carbocycles. The molecular formula is C67H108O6. The molecule has 0 aromatic rings. The highest BCUT2D eigenvalue weighted by Gasteiger charge is 2.19. The number of unbranched alkanes of at least 4 members (excludes halogenated alkanes) is 19. The van der Waals surface area contributed by atoms with Crippen LogP contribution in [0.4, 0.5) is 0 Å². The molecule has 412 valence electrons. The maximum Gasteiger partial charge on any atom is 0.306 e. The summed E-state index contributed by atoms with van der Waals surface area (Å²) in [6.45, 7) is 6.43. The average molecular weight is 1010 g/mol. The molecule has 0 aliphatic rings. The first-order valence-electron chi connectivity index (χ1n) is 29.7. The third-order valence-electron chi connectivity index (χ3n) is 12.1.